The van der Waals surface area contributed by atoms with Gasteiger partial charge in [-0.3, -0.25) is 19.8 Å². The molecule has 2 heterocycles. The fourth-order valence-electron chi connectivity index (χ4n) is 2.92. The van der Waals surface area contributed by atoms with E-state index in [1.165, 1.54) is 0 Å². The van der Waals surface area contributed by atoms with E-state index < -0.39 is 0 Å². The predicted octanol–water partition coefficient (Wildman–Crippen LogP) is 2.97. The number of carbonyl (C=O) groups excluding carboxylic acids is 1. The monoisotopic (exact) mass is 418 g/mol. The highest BCUT2D eigenvalue weighted by atomic mass is 79.9. The van der Waals surface area contributed by atoms with Gasteiger partial charge in [-0.2, -0.15) is 5.10 Å². The number of anilines is 1. The number of H-pyrrole nitrogens is 1. The van der Waals surface area contributed by atoms with Gasteiger partial charge in [-0.15, -0.1) is 0 Å². The summed E-state index contributed by atoms with van der Waals surface area (Å²) in [6.45, 7) is 4.28. The number of nitrogens with zero attached hydrogens (tertiary/aromatic N) is 2. The maximum absolute atomic E-state index is 12.4. The zero-order valence-corrected chi connectivity index (χ0v) is 16.3. The largest absolute Gasteiger partial charge is 0.444 e. The molecular weight excluding hydrogens is 400 g/mol. The van der Waals surface area contributed by atoms with Gasteiger partial charge in [-0.05, 0) is 32.5 Å². The highest BCUT2D eigenvalue weighted by Gasteiger charge is 2.19. The smallest absolute Gasteiger partial charge is 0.277 e. The summed E-state index contributed by atoms with van der Waals surface area (Å²) < 4.78 is 6.59. The van der Waals surface area contributed by atoms with Gasteiger partial charge in [0.2, 0.25) is 11.8 Å². The van der Waals surface area contributed by atoms with Crippen molar-refractivity contribution in [3.63, 3.8) is 0 Å². The van der Waals surface area contributed by atoms with Crippen LogP contribution >= 0.6 is 15.9 Å². The van der Waals surface area contributed by atoms with Gasteiger partial charge in [0, 0.05) is 11.0 Å². The lowest BCUT2D eigenvalue weighted by molar-refractivity contribution is -0.117. The van der Waals surface area contributed by atoms with Gasteiger partial charge >= 0.3 is 0 Å². The highest BCUT2D eigenvalue weighted by Crippen LogP contribution is 2.28. The average Bonchev–Trinajstić information content (AvgIpc) is 2.90. The maximum Gasteiger partial charge on any atom is 0.277 e. The Hall–Kier alpha value is -2.45. The Morgan fingerprint density at radius 2 is 2.04 bits per heavy atom. The number of aryl methyl sites for hydroxylation is 2. The fraction of sp³-hybridized carbons (Fsp3) is 0.278. The Bertz CT molecular complexity index is 1020. The van der Waals surface area contributed by atoms with E-state index in [0.717, 1.165) is 10.0 Å². The summed E-state index contributed by atoms with van der Waals surface area (Å²) in [5, 5.41) is 10.0. The standard InChI is InChI=1S/C18H19BrN4O3/c1-10-15-11(2)26-18(16(15)17(25)22-21-10)20-14(24)9-23(3)8-12-6-4-5-7-13(12)19/h4-7H,8-9H2,1-3H3,(H,20,24)(H,22,25). The van der Waals surface area contributed by atoms with E-state index in [1.807, 2.05) is 36.2 Å². The molecule has 1 amide bonds. The number of fused-ring (bicyclic) bond motifs is 1. The molecule has 136 valence electrons. The Morgan fingerprint density at radius 1 is 1.31 bits per heavy atom. The third-order valence-corrected chi connectivity index (χ3v) is 4.84. The first-order chi connectivity index (χ1) is 12.4. The number of furan rings is 1. The molecule has 0 aliphatic heterocycles. The number of hydrogen-bond acceptors (Lipinski definition) is 5. The van der Waals surface area contributed by atoms with Crippen LogP contribution in [-0.2, 0) is 11.3 Å². The second-order valence-electron chi connectivity index (χ2n) is 6.19. The van der Waals surface area contributed by atoms with Crippen LogP contribution in [0.3, 0.4) is 0 Å². The number of nitrogens with one attached hydrogen (secondary N) is 2. The van der Waals surface area contributed by atoms with Crippen LogP contribution in [0, 0.1) is 13.8 Å². The quantitative estimate of drug-likeness (QED) is 0.664. The molecule has 0 radical (unpaired) electrons. The van der Waals surface area contributed by atoms with Gasteiger partial charge in [0.1, 0.15) is 11.1 Å². The van der Waals surface area contributed by atoms with E-state index in [1.54, 1.807) is 13.8 Å². The van der Waals surface area contributed by atoms with Crippen molar-refractivity contribution >= 4 is 38.5 Å². The average molecular weight is 419 g/mol. The number of rotatable bonds is 5. The zero-order valence-electron chi connectivity index (χ0n) is 14.7. The summed E-state index contributed by atoms with van der Waals surface area (Å²) >= 11 is 3.50. The summed E-state index contributed by atoms with van der Waals surface area (Å²) in [5.74, 6) is 0.445. The van der Waals surface area contributed by atoms with Crippen molar-refractivity contribution in [2.45, 2.75) is 20.4 Å². The summed E-state index contributed by atoms with van der Waals surface area (Å²) in [6.07, 6.45) is 0. The normalized spacial score (nSPS) is 11.3. The molecule has 0 fully saturated rings. The second kappa shape index (κ2) is 7.43. The maximum atomic E-state index is 12.4. The van der Waals surface area contributed by atoms with Gasteiger partial charge in [-0.25, -0.2) is 5.10 Å². The summed E-state index contributed by atoms with van der Waals surface area (Å²) in [5.41, 5.74) is 1.34. The molecule has 3 rings (SSSR count). The molecule has 0 aliphatic carbocycles. The minimum absolute atomic E-state index is 0.156. The molecule has 26 heavy (non-hydrogen) atoms. The zero-order chi connectivity index (χ0) is 18.8. The second-order valence-corrected chi connectivity index (χ2v) is 7.04. The van der Waals surface area contributed by atoms with Crippen LogP contribution in [0.5, 0.6) is 0 Å². The predicted molar refractivity (Wildman–Crippen MR) is 103 cm³/mol. The van der Waals surface area contributed by atoms with Crippen LogP contribution in [0.25, 0.3) is 10.8 Å². The summed E-state index contributed by atoms with van der Waals surface area (Å²) in [6, 6.07) is 7.86. The lowest BCUT2D eigenvalue weighted by Crippen LogP contribution is -2.30. The molecular formula is C18H19BrN4O3. The molecule has 0 bridgehead atoms. The molecule has 8 heteroatoms. The van der Waals surface area contributed by atoms with Crippen molar-refractivity contribution in [2.24, 2.45) is 0 Å². The van der Waals surface area contributed by atoms with Crippen molar-refractivity contribution in [1.29, 1.82) is 0 Å². The van der Waals surface area contributed by atoms with Crippen LogP contribution in [0.15, 0.2) is 37.9 Å². The Labute approximate surface area is 158 Å². The van der Waals surface area contributed by atoms with E-state index in [0.29, 0.717) is 28.8 Å². The Balaban J connectivity index is 1.75. The molecule has 2 N–H and O–H groups in total. The van der Waals surface area contributed by atoms with Gasteiger partial charge in [0.15, 0.2) is 0 Å². The van der Waals surface area contributed by atoms with Crippen molar-refractivity contribution < 1.29 is 9.21 Å². The van der Waals surface area contributed by atoms with E-state index >= 15 is 0 Å². The molecule has 0 saturated heterocycles. The topological polar surface area (TPSA) is 91.2 Å². The van der Waals surface area contributed by atoms with E-state index in [-0.39, 0.29) is 23.9 Å². The van der Waals surface area contributed by atoms with Crippen LogP contribution in [0.1, 0.15) is 17.0 Å². The molecule has 2 aromatic heterocycles. The number of aromatic amines is 1. The van der Waals surface area contributed by atoms with Crippen LogP contribution < -0.4 is 10.9 Å². The van der Waals surface area contributed by atoms with Gasteiger partial charge < -0.3 is 4.42 Å². The lowest BCUT2D eigenvalue weighted by Gasteiger charge is -2.16. The molecule has 0 atom stereocenters. The minimum atomic E-state index is -0.390. The van der Waals surface area contributed by atoms with Crippen molar-refractivity contribution in [2.75, 3.05) is 18.9 Å². The van der Waals surface area contributed by atoms with Gasteiger partial charge in [0.25, 0.3) is 5.56 Å². The SMILES string of the molecule is Cc1n[nH]c(=O)c2c(NC(=O)CN(C)Cc3ccccc3Br)oc(C)c12. The van der Waals surface area contributed by atoms with E-state index in [2.05, 4.69) is 31.4 Å². The van der Waals surface area contributed by atoms with Gasteiger partial charge in [-0.1, -0.05) is 34.1 Å². The van der Waals surface area contributed by atoms with Crippen molar-refractivity contribution in [3.05, 3.63) is 56.1 Å². The number of halogens is 1. The summed E-state index contributed by atoms with van der Waals surface area (Å²) in [7, 11) is 1.85. The van der Waals surface area contributed by atoms with Crippen molar-refractivity contribution in [1.82, 2.24) is 15.1 Å². The Morgan fingerprint density at radius 3 is 2.77 bits per heavy atom. The minimum Gasteiger partial charge on any atom is -0.444 e. The lowest BCUT2D eigenvalue weighted by atomic mass is 10.2. The molecule has 7 nitrogen and oxygen atoms in total. The number of benzene rings is 1. The first kappa shape index (κ1) is 18.3. The van der Waals surface area contributed by atoms with Gasteiger partial charge in [0.05, 0.1) is 17.6 Å². The first-order valence-corrected chi connectivity index (χ1v) is 8.86. The first-order valence-electron chi connectivity index (χ1n) is 8.07. The number of hydrogen-bond donors (Lipinski definition) is 2. The number of aromatic nitrogens is 2. The van der Waals surface area contributed by atoms with Crippen LogP contribution in [0.4, 0.5) is 5.88 Å². The molecule has 0 aliphatic rings. The third-order valence-electron chi connectivity index (χ3n) is 4.06. The summed E-state index contributed by atoms with van der Waals surface area (Å²) in [4.78, 5) is 26.4. The van der Waals surface area contributed by atoms with E-state index in [4.69, 9.17) is 4.42 Å². The number of carbonyl (C=O) groups is 1. The molecule has 0 saturated carbocycles. The fourth-order valence-corrected chi connectivity index (χ4v) is 3.33. The molecule has 0 spiro atoms. The molecule has 0 unspecified atom stereocenters. The van der Waals surface area contributed by atoms with E-state index in [9.17, 15) is 9.59 Å². The molecule has 1 aromatic carbocycles. The van der Waals surface area contributed by atoms with Crippen molar-refractivity contribution in [3.8, 4) is 0 Å². The number of likely N-dealkylation sites (N-methyl/N-ethyl adjacent to an activating group) is 1. The van der Waals surface area contributed by atoms with Crippen LogP contribution in [0.2, 0.25) is 0 Å². The number of amides is 1. The third kappa shape index (κ3) is 3.71. The Kier molecular flexibility index (Phi) is 5.24. The highest BCUT2D eigenvalue weighted by molar-refractivity contribution is 9.10. The molecule has 3 aromatic rings. The van der Waals surface area contributed by atoms with Crippen LogP contribution in [-0.4, -0.2) is 34.6 Å².